The molecule has 1 atom stereocenters. The summed E-state index contributed by atoms with van der Waals surface area (Å²) in [6.45, 7) is 1.89. The van der Waals surface area contributed by atoms with E-state index in [9.17, 15) is 17.6 Å². The maximum Gasteiger partial charge on any atom is 0.406 e. The summed E-state index contributed by atoms with van der Waals surface area (Å²) in [6, 6.07) is 14.5. The number of benzene rings is 2. The van der Waals surface area contributed by atoms with Crippen molar-refractivity contribution in [3.05, 3.63) is 83.3 Å². The van der Waals surface area contributed by atoms with E-state index in [1.54, 1.807) is 30.3 Å². The fourth-order valence-corrected chi connectivity index (χ4v) is 5.29. The first-order valence-electron chi connectivity index (χ1n) is 10.3. The summed E-state index contributed by atoms with van der Waals surface area (Å²) in [6.07, 6.45) is -0.715. The maximum absolute atomic E-state index is 14.8. The predicted molar refractivity (Wildman–Crippen MR) is 118 cm³/mol. The molecule has 2 aromatic carbocycles. The molecule has 0 aliphatic carbocycles. The number of sulfonamides is 1. The molecule has 0 fully saturated rings. The molecule has 1 unspecified atom stereocenters. The smallest absolute Gasteiger partial charge is 0.406 e. The quantitative estimate of drug-likeness (QED) is 0.583. The van der Waals surface area contributed by atoms with Gasteiger partial charge in [0.25, 0.3) is 0 Å². The zero-order chi connectivity index (χ0) is 23.6. The van der Waals surface area contributed by atoms with Crippen LogP contribution >= 0.6 is 0 Å². The molecule has 3 aromatic rings. The number of hydrogen-bond acceptors (Lipinski definition) is 6. The van der Waals surface area contributed by atoms with E-state index in [2.05, 4.69) is 4.98 Å². The van der Waals surface area contributed by atoms with Crippen LogP contribution in [-0.4, -0.2) is 30.3 Å². The second-order valence-electron chi connectivity index (χ2n) is 7.35. The summed E-state index contributed by atoms with van der Waals surface area (Å²) in [5.41, 5.74) is 6.68. The largest absolute Gasteiger partial charge is 0.439 e. The van der Waals surface area contributed by atoms with Crippen molar-refractivity contribution in [1.82, 2.24) is 9.29 Å². The first-order valence-corrected chi connectivity index (χ1v) is 11.7. The zero-order valence-corrected chi connectivity index (χ0v) is 18.6. The van der Waals surface area contributed by atoms with Gasteiger partial charge >= 0.3 is 6.09 Å². The second-order valence-corrected chi connectivity index (χ2v) is 9.25. The van der Waals surface area contributed by atoms with Gasteiger partial charge in [-0.15, -0.1) is 0 Å². The van der Waals surface area contributed by atoms with Gasteiger partial charge in [-0.2, -0.15) is 4.31 Å². The van der Waals surface area contributed by atoms with Crippen LogP contribution in [0.3, 0.4) is 0 Å². The summed E-state index contributed by atoms with van der Waals surface area (Å²) in [5.74, 6) is 0.0798. The number of amides is 1. The Morgan fingerprint density at radius 3 is 2.58 bits per heavy atom. The molecule has 1 amide bonds. The van der Waals surface area contributed by atoms with Crippen LogP contribution in [0.4, 0.5) is 9.18 Å². The summed E-state index contributed by atoms with van der Waals surface area (Å²) in [4.78, 5) is 15.5. The Kier molecular flexibility index (Phi) is 6.30. The summed E-state index contributed by atoms with van der Waals surface area (Å²) in [5, 5.41) is 0. The first-order chi connectivity index (χ1) is 15.8. The highest BCUT2D eigenvalue weighted by Gasteiger charge is 2.41. The van der Waals surface area contributed by atoms with E-state index in [0.29, 0.717) is 17.7 Å². The molecular formula is C23H22FN3O5S. The molecular weight excluding hydrogens is 449 g/mol. The van der Waals surface area contributed by atoms with Gasteiger partial charge in [-0.1, -0.05) is 31.2 Å². The highest BCUT2D eigenvalue weighted by atomic mass is 32.2. The van der Waals surface area contributed by atoms with Crippen LogP contribution in [0, 0.1) is 5.82 Å². The highest BCUT2D eigenvalue weighted by Crippen LogP contribution is 2.38. The number of carbonyl (C=O) groups excluding carboxylic acids is 1. The third-order valence-corrected chi connectivity index (χ3v) is 7.21. The number of nitrogens with two attached hydrogens (primary N) is 1. The van der Waals surface area contributed by atoms with Crippen LogP contribution in [0.25, 0.3) is 0 Å². The van der Waals surface area contributed by atoms with Crippen LogP contribution in [0.15, 0.2) is 65.7 Å². The minimum absolute atomic E-state index is 0.0000322. The van der Waals surface area contributed by atoms with E-state index in [1.807, 2.05) is 13.0 Å². The number of aryl methyl sites for hydroxylation is 1. The maximum atomic E-state index is 14.8. The minimum atomic E-state index is -4.21. The SMILES string of the molecule is CCc1ccc(F)c2c1CCN(S(=O)(=O)c1ccc(Oc3ccccc3)nc1)C2OC(N)=O. The molecule has 4 rings (SSSR count). The average Bonchev–Trinajstić information content (AvgIpc) is 2.80. The van der Waals surface area contributed by atoms with Crippen LogP contribution < -0.4 is 10.5 Å². The summed E-state index contributed by atoms with van der Waals surface area (Å²) >= 11 is 0. The van der Waals surface area contributed by atoms with Crippen molar-refractivity contribution >= 4 is 16.1 Å². The van der Waals surface area contributed by atoms with Crippen molar-refractivity contribution in [1.29, 1.82) is 0 Å². The Morgan fingerprint density at radius 2 is 1.94 bits per heavy atom. The molecule has 0 saturated carbocycles. The Morgan fingerprint density at radius 1 is 1.18 bits per heavy atom. The van der Waals surface area contributed by atoms with Crippen LogP contribution in [-0.2, 0) is 27.6 Å². The molecule has 1 aliphatic rings. The standard InChI is InChI=1S/C23H22FN3O5S/c1-2-15-8-10-19(24)21-18(15)12-13-27(22(21)32-23(25)28)33(29,30)17-9-11-20(26-14-17)31-16-6-4-3-5-7-16/h3-11,14,22H,2,12-13H2,1H3,(H2,25,28). The fraction of sp³-hybridized carbons (Fsp3) is 0.217. The van der Waals surface area contributed by atoms with E-state index < -0.39 is 28.2 Å². The molecule has 1 aromatic heterocycles. The number of aromatic nitrogens is 1. The molecule has 0 saturated heterocycles. The number of hydrogen-bond donors (Lipinski definition) is 1. The number of para-hydroxylation sites is 1. The van der Waals surface area contributed by atoms with Gasteiger partial charge in [-0.05, 0) is 48.2 Å². The highest BCUT2D eigenvalue weighted by molar-refractivity contribution is 7.89. The molecule has 2 N–H and O–H groups in total. The van der Waals surface area contributed by atoms with Gasteiger partial charge in [0.05, 0.1) is 6.20 Å². The molecule has 33 heavy (non-hydrogen) atoms. The number of nitrogens with zero attached hydrogens (tertiary/aromatic N) is 2. The minimum Gasteiger partial charge on any atom is -0.439 e. The van der Waals surface area contributed by atoms with Crippen molar-refractivity contribution in [2.75, 3.05) is 6.54 Å². The summed E-state index contributed by atoms with van der Waals surface area (Å²) in [7, 11) is -4.21. The number of fused-ring (bicyclic) bond motifs is 1. The monoisotopic (exact) mass is 471 g/mol. The lowest BCUT2D eigenvalue weighted by Gasteiger charge is -2.36. The van der Waals surface area contributed by atoms with E-state index in [-0.39, 0.29) is 29.3 Å². The Bertz CT molecular complexity index is 1270. The molecule has 10 heteroatoms. The van der Waals surface area contributed by atoms with Gasteiger partial charge < -0.3 is 15.2 Å². The third-order valence-electron chi connectivity index (χ3n) is 5.38. The number of ether oxygens (including phenoxy) is 2. The van der Waals surface area contributed by atoms with Crippen molar-refractivity contribution in [2.45, 2.75) is 30.9 Å². The molecule has 0 radical (unpaired) electrons. The molecule has 0 bridgehead atoms. The molecule has 2 heterocycles. The van der Waals surface area contributed by atoms with E-state index in [4.69, 9.17) is 15.2 Å². The van der Waals surface area contributed by atoms with Crippen molar-refractivity contribution < 1.29 is 27.1 Å². The molecule has 8 nitrogen and oxygen atoms in total. The zero-order valence-electron chi connectivity index (χ0n) is 17.8. The number of rotatable bonds is 6. The van der Waals surface area contributed by atoms with E-state index in [0.717, 1.165) is 16.1 Å². The second kappa shape index (κ2) is 9.16. The Labute approximate surface area is 190 Å². The van der Waals surface area contributed by atoms with Gasteiger partial charge in [0.2, 0.25) is 15.9 Å². The number of pyridine rings is 1. The fourth-order valence-electron chi connectivity index (χ4n) is 3.86. The van der Waals surface area contributed by atoms with E-state index >= 15 is 0 Å². The van der Waals surface area contributed by atoms with Crippen LogP contribution in [0.2, 0.25) is 0 Å². The Balaban J connectivity index is 1.68. The van der Waals surface area contributed by atoms with Gasteiger partial charge in [-0.3, -0.25) is 0 Å². The predicted octanol–water partition coefficient (Wildman–Crippen LogP) is 3.92. The Hall–Kier alpha value is -3.50. The van der Waals surface area contributed by atoms with Crippen LogP contribution in [0.1, 0.15) is 29.8 Å². The van der Waals surface area contributed by atoms with Gasteiger partial charge in [0.15, 0.2) is 6.23 Å². The lowest BCUT2D eigenvalue weighted by atomic mass is 9.92. The topological polar surface area (TPSA) is 112 Å². The van der Waals surface area contributed by atoms with Gasteiger partial charge in [0.1, 0.15) is 16.5 Å². The number of carbonyl (C=O) groups is 1. The molecule has 1 aliphatic heterocycles. The normalized spacial score (nSPS) is 16.1. The summed E-state index contributed by atoms with van der Waals surface area (Å²) < 4.78 is 53.3. The first kappa shape index (κ1) is 22.7. The van der Waals surface area contributed by atoms with Crippen molar-refractivity contribution in [2.24, 2.45) is 5.73 Å². The van der Waals surface area contributed by atoms with Gasteiger partial charge in [-0.25, -0.2) is 22.6 Å². The number of halogens is 1. The third kappa shape index (κ3) is 4.53. The van der Waals surface area contributed by atoms with Crippen molar-refractivity contribution in [3.8, 4) is 11.6 Å². The lowest BCUT2D eigenvalue weighted by Crippen LogP contribution is -2.43. The number of primary amides is 1. The molecule has 172 valence electrons. The van der Waals surface area contributed by atoms with Crippen molar-refractivity contribution in [3.63, 3.8) is 0 Å². The lowest BCUT2D eigenvalue weighted by molar-refractivity contribution is 0.0267. The van der Waals surface area contributed by atoms with E-state index in [1.165, 1.54) is 18.2 Å². The van der Waals surface area contributed by atoms with Crippen LogP contribution in [0.5, 0.6) is 11.6 Å². The molecule has 0 spiro atoms. The van der Waals surface area contributed by atoms with Gasteiger partial charge in [0, 0.05) is 18.2 Å². The average molecular weight is 472 g/mol.